The Morgan fingerprint density at radius 3 is 2.38 bits per heavy atom. The van der Waals surface area contributed by atoms with Gasteiger partial charge in [-0.1, -0.05) is 44.2 Å². The Balaban J connectivity index is 0.00000242. The maximum absolute atomic E-state index is 10.8. The van der Waals surface area contributed by atoms with Crippen LogP contribution in [0.1, 0.15) is 57.8 Å². The molecule has 4 aromatic rings. The molecule has 0 N–H and O–H groups in total. The normalized spacial score (nSPS) is 13.5. The van der Waals surface area contributed by atoms with E-state index in [2.05, 4.69) is 0 Å². The molecule has 0 amide bonds. The molecule has 1 heterocycles. The van der Waals surface area contributed by atoms with Crippen LogP contribution in [0, 0.1) is 11.8 Å². The largest absolute Gasteiger partial charge is 1.00 e. The molecule has 0 aliphatic heterocycles. The van der Waals surface area contributed by atoms with Crippen LogP contribution in [0.5, 0.6) is 11.5 Å². The number of unbranched alkanes of at least 4 members (excludes halogenated alkanes) is 2. The van der Waals surface area contributed by atoms with Crippen LogP contribution in [0.25, 0.3) is 33.3 Å². The Kier molecular flexibility index (Phi) is 13.7. The second-order valence-corrected chi connectivity index (χ2v) is 10.5. The molecule has 0 spiro atoms. The molecule has 0 radical (unpaired) electrons. The number of carbonyl (C=O) groups excluding carboxylic acids is 2. The number of carboxylic acid groups (broad SMARTS) is 2. The first-order valence-corrected chi connectivity index (χ1v) is 14.1. The van der Waals surface area contributed by atoms with Crippen molar-refractivity contribution < 1.29 is 92.8 Å². The molecular weight excluding hydrogens is 556 g/mol. The first-order chi connectivity index (χ1) is 19.5. The van der Waals surface area contributed by atoms with Crippen molar-refractivity contribution >= 4 is 33.8 Å². The van der Waals surface area contributed by atoms with Gasteiger partial charge in [-0.25, -0.2) is 4.98 Å². The number of oxazole rings is 1. The number of hydrogen-bond donors (Lipinski definition) is 0. The van der Waals surface area contributed by atoms with Crippen LogP contribution in [0.3, 0.4) is 0 Å². The minimum atomic E-state index is -1.60. The molecule has 0 atom stereocenters. The number of benzene rings is 3. The van der Waals surface area contributed by atoms with E-state index in [1.165, 1.54) is 32.1 Å². The summed E-state index contributed by atoms with van der Waals surface area (Å²) in [6.45, 7) is 1.17. The van der Waals surface area contributed by atoms with Crippen molar-refractivity contribution in [1.82, 2.24) is 4.98 Å². The van der Waals surface area contributed by atoms with E-state index >= 15 is 0 Å². The number of aromatic nitrogens is 1. The average Bonchev–Trinajstić information content (AvgIpc) is 3.38. The molecule has 3 aromatic carbocycles. The number of ether oxygens (including phenoxy) is 2. The van der Waals surface area contributed by atoms with Crippen LogP contribution >= 0.6 is 0 Å². The van der Waals surface area contributed by atoms with Crippen LogP contribution in [0.15, 0.2) is 59.0 Å². The number of nitrogens with zero attached hydrogens (tertiary/aromatic N) is 1. The molecular formula is C32H33NNa2O7. The molecule has 0 bridgehead atoms. The summed E-state index contributed by atoms with van der Waals surface area (Å²) in [5.41, 5.74) is 2.36. The summed E-state index contributed by atoms with van der Waals surface area (Å²) in [5.74, 6) is -2.09. The van der Waals surface area contributed by atoms with E-state index in [0.717, 1.165) is 34.2 Å². The van der Waals surface area contributed by atoms with Gasteiger partial charge in [0.1, 0.15) is 17.0 Å². The Morgan fingerprint density at radius 2 is 1.62 bits per heavy atom. The molecule has 1 saturated carbocycles. The van der Waals surface area contributed by atoms with Gasteiger partial charge in [0, 0.05) is 17.5 Å². The van der Waals surface area contributed by atoms with E-state index in [0.29, 0.717) is 49.0 Å². The zero-order valence-electron chi connectivity index (χ0n) is 24.4. The molecule has 10 heteroatoms. The molecule has 1 aliphatic rings. The number of fused-ring (bicyclic) bond motifs is 2. The van der Waals surface area contributed by atoms with Crippen molar-refractivity contribution in [1.29, 1.82) is 0 Å². The fourth-order valence-corrected chi connectivity index (χ4v) is 5.37. The molecule has 1 aromatic heterocycles. The first-order valence-electron chi connectivity index (χ1n) is 14.1. The maximum atomic E-state index is 10.8. The summed E-state index contributed by atoms with van der Waals surface area (Å²) in [4.78, 5) is 26.4. The topological polar surface area (TPSA) is 125 Å². The zero-order valence-corrected chi connectivity index (χ0v) is 28.4. The maximum Gasteiger partial charge on any atom is 1.00 e. The summed E-state index contributed by atoms with van der Waals surface area (Å²) in [5, 5.41) is 23.6. The average molecular weight is 590 g/mol. The third-order valence-electron chi connectivity index (χ3n) is 7.63. The van der Waals surface area contributed by atoms with Gasteiger partial charge in [0.15, 0.2) is 5.58 Å². The molecule has 0 saturated heterocycles. The van der Waals surface area contributed by atoms with Crippen molar-refractivity contribution in [2.75, 3.05) is 13.2 Å². The van der Waals surface area contributed by atoms with E-state index in [4.69, 9.17) is 18.9 Å². The van der Waals surface area contributed by atoms with Gasteiger partial charge in [-0.15, -0.1) is 0 Å². The zero-order chi connectivity index (χ0) is 27.9. The summed E-state index contributed by atoms with van der Waals surface area (Å²) in [6.07, 6.45) is 8.13. The van der Waals surface area contributed by atoms with Crippen LogP contribution in [-0.2, 0) is 9.59 Å². The van der Waals surface area contributed by atoms with Crippen LogP contribution in [0.2, 0.25) is 0 Å². The number of carbonyl (C=O) groups is 2. The van der Waals surface area contributed by atoms with Crippen LogP contribution in [0.4, 0.5) is 0 Å². The fourth-order valence-electron chi connectivity index (χ4n) is 5.37. The predicted octanol–water partition coefficient (Wildman–Crippen LogP) is -1.33. The Labute approximate surface area is 289 Å². The van der Waals surface area contributed by atoms with Gasteiger partial charge < -0.3 is 33.7 Å². The Hall–Kier alpha value is -2.07. The molecule has 42 heavy (non-hydrogen) atoms. The summed E-state index contributed by atoms with van der Waals surface area (Å²) in [6, 6.07) is 17.6. The minimum Gasteiger partial charge on any atom is -0.549 e. The Bertz CT molecular complexity index is 1470. The second-order valence-electron chi connectivity index (χ2n) is 10.5. The van der Waals surface area contributed by atoms with Crippen molar-refractivity contribution in [2.24, 2.45) is 11.8 Å². The van der Waals surface area contributed by atoms with E-state index < -0.39 is 17.9 Å². The van der Waals surface area contributed by atoms with Crippen LogP contribution < -0.4 is 78.8 Å². The van der Waals surface area contributed by atoms with E-state index in [-0.39, 0.29) is 65.5 Å². The quantitative estimate of drug-likeness (QED) is 0.107. The molecule has 1 aliphatic carbocycles. The van der Waals surface area contributed by atoms with Gasteiger partial charge in [-0.2, -0.15) is 0 Å². The van der Waals surface area contributed by atoms with Crippen molar-refractivity contribution in [3.8, 4) is 23.0 Å². The number of hydrogen-bond acceptors (Lipinski definition) is 8. The van der Waals surface area contributed by atoms with Gasteiger partial charge >= 0.3 is 59.1 Å². The van der Waals surface area contributed by atoms with Gasteiger partial charge in [0.2, 0.25) is 5.89 Å². The molecule has 5 rings (SSSR count). The molecule has 8 nitrogen and oxygen atoms in total. The van der Waals surface area contributed by atoms with Crippen molar-refractivity contribution in [3.05, 3.63) is 54.6 Å². The number of aliphatic carboxylic acids is 2. The first kappa shape index (κ1) is 34.4. The SMILES string of the molecule is O=C([O-])C(CCCCCOc1ccc2c(-c3nc4ccc(OCC5CCCCC5)cc4o3)cccc2c1)C(=O)[O-].[Na+].[Na+]. The predicted molar refractivity (Wildman–Crippen MR) is 146 cm³/mol. The second kappa shape index (κ2) is 16.7. The summed E-state index contributed by atoms with van der Waals surface area (Å²) in [7, 11) is 0. The molecule has 1 fully saturated rings. The van der Waals surface area contributed by atoms with Crippen molar-refractivity contribution in [2.45, 2.75) is 57.8 Å². The van der Waals surface area contributed by atoms with E-state index in [1.54, 1.807) is 0 Å². The number of carboxylic acids is 2. The van der Waals surface area contributed by atoms with Gasteiger partial charge in [-0.05, 0) is 78.8 Å². The van der Waals surface area contributed by atoms with Crippen molar-refractivity contribution in [3.63, 3.8) is 0 Å². The smallest absolute Gasteiger partial charge is 0.549 e. The van der Waals surface area contributed by atoms with Gasteiger partial charge in [-0.3, -0.25) is 0 Å². The standard InChI is InChI=1S/C32H35NO7.2Na/c34-31(35)27(32(36)37)11-5-2-6-17-38-23-13-15-25-22(18-23)10-7-12-26(25)30-33-28-16-14-24(19-29(28)40-30)39-20-21-8-3-1-4-9-21;;/h7,10,12-16,18-19,21,27H,1-6,8-9,11,17,20H2,(H,34,35)(H,36,37);;/q;2*+1/p-2. The summed E-state index contributed by atoms with van der Waals surface area (Å²) < 4.78 is 18.1. The Morgan fingerprint density at radius 1 is 0.881 bits per heavy atom. The fraction of sp³-hybridized carbons (Fsp3) is 0.406. The molecule has 210 valence electrons. The monoisotopic (exact) mass is 589 g/mol. The third-order valence-corrected chi connectivity index (χ3v) is 7.63. The van der Waals surface area contributed by atoms with E-state index in [9.17, 15) is 19.8 Å². The molecule has 0 unspecified atom stereocenters. The summed E-state index contributed by atoms with van der Waals surface area (Å²) >= 11 is 0. The minimum absolute atomic E-state index is 0. The van der Waals surface area contributed by atoms with Gasteiger partial charge in [0.25, 0.3) is 0 Å². The van der Waals surface area contributed by atoms with E-state index in [1.807, 2.05) is 54.6 Å². The third kappa shape index (κ3) is 8.97. The van der Waals surface area contributed by atoms with Gasteiger partial charge in [0.05, 0.1) is 25.2 Å². The number of rotatable bonds is 13. The van der Waals surface area contributed by atoms with Crippen LogP contribution in [-0.4, -0.2) is 30.1 Å².